The topological polar surface area (TPSA) is 101 Å². The van der Waals surface area contributed by atoms with Crippen LogP contribution in [0, 0.1) is 0 Å². The van der Waals surface area contributed by atoms with Crippen LogP contribution in [0.3, 0.4) is 0 Å². The lowest BCUT2D eigenvalue weighted by Gasteiger charge is -2.39. The fourth-order valence-corrected chi connectivity index (χ4v) is 3.81. The van der Waals surface area contributed by atoms with E-state index in [1.807, 2.05) is 18.2 Å². The lowest BCUT2D eigenvalue weighted by molar-refractivity contribution is -0.117. The van der Waals surface area contributed by atoms with Crippen LogP contribution in [0.4, 0.5) is 5.95 Å². The van der Waals surface area contributed by atoms with Gasteiger partial charge in [0.05, 0.1) is 5.69 Å². The first-order valence-electron chi connectivity index (χ1n) is 9.86. The van der Waals surface area contributed by atoms with Gasteiger partial charge in [-0.3, -0.25) is 9.59 Å². The molecule has 28 heavy (non-hydrogen) atoms. The lowest BCUT2D eigenvalue weighted by atomic mass is 10.0. The Labute approximate surface area is 164 Å². The van der Waals surface area contributed by atoms with Gasteiger partial charge < -0.3 is 16.0 Å². The summed E-state index contributed by atoms with van der Waals surface area (Å²) in [4.78, 5) is 35.2. The number of nitrogens with zero attached hydrogens (tertiary/aromatic N) is 3. The van der Waals surface area contributed by atoms with Crippen molar-refractivity contribution in [3.63, 3.8) is 0 Å². The maximum Gasteiger partial charge on any atom is 0.251 e. The van der Waals surface area contributed by atoms with E-state index >= 15 is 0 Å². The number of benzene rings is 1. The number of nitrogens with two attached hydrogens (primary N) is 1. The van der Waals surface area contributed by atoms with E-state index in [1.165, 1.54) is 5.56 Å². The van der Waals surface area contributed by atoms with Gasteiger partial charge in [0.15, 0.2) is 0 Å². The summed E-state index contributed by atoms with van der Waals surface area (Å²) in [6.45, 7) is 3.41. The fourth-order valence-electron chi connectivity index (χ4n) is 3.81. The van der Waals surface area contributed by atoms with Crippen molar-refractivity contribution in [1.82, 2.24) is 15.3 Å². The number of hydrogen-bond donors (Lipinski definition) is 2. The van der Waals surface area contributed by atoms with Gasteiger partial charge >= 0.3 is 0 Å². The van der Waals surface area contributed by atoms with Crippen LogP contribution in [-0.2, 0) is 17.6 Å². The highest BCUT2D eigenvalue weighted by atomic mass is 16.2. The predicted octanol–water partition coefficient (Wildman–Crippen LogP) is 1.84. The molecule has 1 fully saturated rings. The molecular weight excluding hydrogens is 354 g/mol. The number of nitrogens with one attached hydrogen (secondary N) is 1. The smallest absolute Gasteiger partial charge is 0.251 e. The highest BCUT2D eigenvalue weighted by Gasteiger charge is 2.29. The summed E-state index contributed by atoms with van der Waals surface area (Å²) in [5.41, 5.74) is 9.87. The van der Waals surface area contributed by atoms with Crippen LogP contribution in [0.5, 0.6) is 0 Å². The maximum atomic E-state index is 12.4. The predicted molar refractivity (Wildman–Crippen MR) is 107 cm³/mol. The number of amides is 2. The van der Waals surface area contributed by atoms with Crippen LogP contribution in [0.25, 0.3) is 11.3 Å². The fraction of sp³-hybridized carbons (Fsp3) is 0.429. The average molecular weight is 379 g/mol. The van der Waals surface area contributed by atoms with Gasteiger partial charge in [0.2, 0.25) is 11.9 Å². The van der Waals surface area contributed by atoms with Crippen molar-refractivity contribution in [3.8, 4) is 11.3 Å². The van der Waals surface area contributed by atoms with E-state index in [-0.39, 0.29) is 18.9 Å². The number of aromatic nitrogens is 2. The van der Waals surface area contributed by atoms with Gasteiger partial charge in [0, 0.05) is 47.9 Å². The molecule has 0 radical (unpaired) electrons. The normalized spacial score (nSPS) is 17.8. The molecule has 0 bridgehead atoms. The molecule has 146 valence electrons. The Morgan fingerprint density at radius 2 is 2.14 bits per heavy atom. The van der Waals surface area contributed by atoms with Gasteiger partial charge in [0.25, 0.3) is 5.91 Å². The molecule has 1 aliphatic carbocycles. The van der Waals surface area contributed by atoms with Gasteiger partial charge in [-0.25, -0.2) is 9.97 Å². The summed E-state index contributed by atoms with van der Waals surface area (Å²) < 4.78 is 0. The SMILES string of the molecule is C[C@H]1CCN1c1nc2c(c(-c3cccc(C(=O)NCCC(N)=O)c3)n1)CCC2. The molecule has 2 heterocycles. The van der Waals surface area contributed by atoms with Gasteiger partial charge in [0.1, 0.15) is 0 Å². The quantitative estimate of drug-likeness (QED) is 0.797. The Morgan fingerprint density at radius 1 is 1.29 bits per heavy atom. The number of fused-ring (bicyclic) bond motifs is 1. The highest BCUT2D eigenvalue weighted by molar-refractivity contribution is 5.95. The number of rotatable bonds is 6. The van der Waals surface area contributed by atoms with E-state index < -0.39 is 5.91 Å². The molecule has 2 amide bonds. The van der Waals surface area contributed by atoms with E-state index in [0.717, 1.165) is 55.1 Å². The monoisotopic (exact) mass is 379 g/mol. The highest BCUT2D eigenvalue weighted by Crippen LogP contribution is 2.34. The van der Waals surface area contributed by atoms with Crippen molar-refractivity contribution in [1.29, 1.82) is 0 Å². The molecule has 7 heteroatoms. The summed E-state index contributed by atoms with van der Waals surface area (Å²) in [7, 11) is 0. The molecule has 4 rings (SSSR count). The molecule has 2 aromatic rings. The standard InChI is InChI=1S/C21H25N5O2/c1-13-9-11-26(13)21-24-17-7-3-6-16(17)19(25-21)14-4-2-5-15(12-14)20(28)23-10-8-18(22)27/h2,4-5,12-13H,3,6-11H2,1H3,(H2,22,27)(H,23,28)/t13-/m0/s1. The van der Waals surface area contributed by atoms with E-state index in [0.29, 0.717) is 11.6 Å². The molecule has 0 spiro atoms. The third kappa shape index (κ3) is 3.56. The summed E-state index contributed by atoms with van der Waals surface area (Å²) in [6.07, 6.45) is 4.32. The van der Waals surface area contributed by atoms with Gasteiger partial charge in [-0.15, -0.1) is 0 Å². The minimum atomic E-state index is -0.432. The minimum absolute atomic E-state index is 0.127. The van der Waals surface area contributed by atoms with E-state index in [4.69, 9.17) is 15.7 Å². The van der Waals surface area contributed by atoms with Gasteiger partial charge in [-0.1, -0.05) is 12.1 Å². The summed E-state index contributed by atoms with van der Waals surface area (Å²) in [6, 6.07) is 7.96. The van der Waals surface area contributed by atoms with Crippen molar-refractivity contribution in [2.24, 2.45) is 5.73 Å². The summed E-state index contributed by atoms with van der Waals surface area (Å²) in [5, 5.41) is 2.73. The van der Waals surface area contributed by atoms with Crippen molar-refractivity contribution in [2.45, 2.75) is 45.1 Å². The first-order chi connectivity index (χ1) is 13.5. The van der Waals surface area contributed by atoms with E-state index in [1.54, 1.807) is 6.07 Å². The van der Waals surface area contributed by atoms with Crippen molar-refractivity contribution < 1.29 is 9.59 Å². The van der Waals surface area contributed by atoms with E-state index in [9.17, 15) is 9.59 Å². The number of hydrogen-bond acceptors (Lipinski definition) is 5. The Morgan fingerprint density at radius 3 is 2.86 bits per heavy atom. The maximum absolute atomic E-state index is 12.4. The zero-order valence-electron chi connectivity index (χ0n) is 16.1. The average Bonchev–Trinajstić information content (AvgIpc) is 3.14. The first kappa shape index (κ1) is 18.4. The third-order valence-corrected chi connectivity index (χ3v) is 5.55. The molecule has 1 aromatic heterocycles. The van der Waals surface area contributed by atoms with Crippen molar-refractivity contribution in [2.75, 3.05) is 18.0 Å². The number of carbonyl (C=O) groups excluding carboxylic acids is 2. The molecule has 0 saturated carbocycles. The Kier molecular flexibility index (Phi) is 4.98. The number of primary amides is 1. The van der Waals surface area contributed by atoms with Crippen LogP contribution in [0.1, 0.15) is 47.8 Å². The van der Waals surface area contributed by atoms with E-state index in [2.05, 4.69) is 17.1 Å². The van der Waals surface area contributed by atoms with Gasteiger partial charge in [-0.05, 0) is 44.7 Å². The molecule has 2 aliphatic rings. The Balaban J connectivity index is 1.64. The summed E-state index contributed by atoms with van der Waals surface area (Å²) in [5.74, 6) is 0.148. The zero-order valence-corrected chi connectivity index (χ0v) is 16.1. The Bertz CT molecular complexity index is 927. The molecule has 1 aromatic carbocycles. The number of anilines is 1. The van der Waals surface area contributed by atoms with Crippen LogP contribution in [-0.4, -0.2) is 40.9 Å². The van der Waals surface area contributed by atoms with Crippen molar-refractivity contribution >= 4 is 17.8 Å². The van der Waals surface area contributed by atoms with Crippen LogP contribution >= 0.6 is 0 Å². The second-order valence-corrected chi connectivity index (χ2v) is 7.54. The Hall–Kier alpha value is -2.96. The molecular formula is C21H25N5O2. The molecule has 1 atom stereocenters. The third-order valence-electron chi connectivity index (χ3n) is 5.55. The number of carbonyl (C=O) groups is 2. The molecule has 7 nitrogen and oxygen atoms in total. The minimum Gasteiger partial charge on any atom is -0.370 e. The van der Waals surface area contributed by atoms with Gasteiger partial charge in [-0.2, -0.15) is 0 Å². The van der Waals surface area contributed by atoms with Crippen LogP contribution < -0.4 is 16.0 Å². The first-order valence-corrected chi connectivity index (χ1v) is 9.86. The molecule has 0 unspecified atom stereocenters. The van der Waals surface area contributed by atoms with Crippen LogP contribution in [0.2, 0.25) is 0 Å². The molecule has 3 N–H and O–H groups in total. The molecule has 1 aliphatic heterocycles. The second-order valence-electron chi connectivity index (χ2n) is 7.54. The van der Waals surface area contributed by atoms with Crippen molar-refractivity contribution in [3.05, 3.63) is 41.1 Å². The zero-order chi connectivity index (χ0) is 19.7. The second kappa shape index (κ2) is 7.58. The molecule has 1 saturated heterocycles. The number of aryl methyl sites for hydroxylation is 1. The summed E-state index contributed by atoms with van der Waals surface area (Å²) >= 11 is 0. The largest absolute Gasteiger partial charge is 0.370 e. The lowest BCUT2D eigenvalue weighted by Crippen LogP contribution is -2.46. The van der Waals surface area contributed by atoms with Crippen LogP contribution in [0.15, 0.2) is 24.3 Å².